The Morgan fingerprint density at radius 3 is 1.85 bits per heavy atom. The maximum Gasteiger partial charge on any atom is 0.338 e. The van der Waals surface area contributed by atoms with E-state index in [1.807, 2.05) is 0 Å². The Morgan fingerprint density at radius 2 is 1.38 bits per heavy atom. The van der Waals surface area contributed by atoms with Gasteiger partial charge in [-0.25, -0.2) is 14.4 Å². The molecule has 0 aromatic heterocycles. The third-order valence-corrected chi connectivity index (χ3v) is 3.09. The molecule has 0 heterocycles. The molecule has 0 bridgehead atoms. The SMILES string of the molecule is C=C(C)C(=O)Oc1ccc(N=Nc2cc(C(=O)O)cc(C(=O)O)c2)cc1. The van der Waals surface area contributed by atoms with Gasteiger partial charge >= 0.3 is 17.9 Å². The first-order valence-electron chi connectivity index (χ1n) is 7.27. The molecule has 0 spiro atoms. The van der Waals surface area contributed by atoms with Crippen LogP contribution in [0.15, 0.2) is 64.8 Å². The first kappa shape index (κ1) is 18.5. The van der Waals surface area contributed by atoms with Gasteiger partial charge in [0.15, 0.2) is 0 Å². The van der Waals surface area contributed by atoms with Crippen molar-refractivity contribution in [2.24, 2.45) is 10.2 Å². The van der Waals surface area contributed by atoms with Crippen LogP contribution in [0.2, 0.25) is 0 Å². The smallest absolute Gasteiger partial charge is 0.338 e. The van der Waals surface area contributed by atoms with E-state index >= 15 is 0 Å². The van der Waals surface area contributed by atoms with Crippen LogP contribution in [0.1, 0.15) is 27.6 Å². The Hall–Kier alpha value is -3.81. The van der Waals surface area contributed by atoms with Gasteiger partial charge in [0.05, 0.1) is 22.5 Å². The Kier molecular flexibility index (Phi) is 5.59. The number of esters is 1. The zero-order valence-corrected chi connectivity index (χ0v) is 13.7. The molecule has 2 N–H and O–H groups in total. The highest BCUT2D eigenvalue weighted by Crippen LogP contribution is 2.23. The summed E-state index contributed by atoms with van der Waals surface area (Å²) in [4.78, 5) is 33.5. The Labute approximate surface area is 148 Å². The number of hydrogen-bond donors (Lipinski definition) is 2. The van der Waals surface area contributed by atoms with Crippen molar-refractivity contribution in [1.82, 2.24) is 0 Å². The lowest BCUT2D eigenvalue weighted by molar-refractivity contribution is -0.130. The minimum atomic E-state index is -1.27. The lowest BCUT2D eigenvalue weighted by Crippen LogP contribution is -2.07. The lowest BCUT2D eigenvalue weighted by Gasteiger charge is -2.03. The first-order valence-corrected chi connectivity index (χ1v) is 7.27. The summed E-state index contributed by atoms with van der Waals surface area (Å²) in [5.41, 5.74) is 0.334. The fourth-order valence-corrected chi connectivity index (χ4v) is 1.81. The van der Waals surface area contributed by atoms with Crippen molar-refractivity contribution in [2.45, 2.75) is 6.92 Å². The number of ether oxygens (including phenoxy) is 1. The summed E-state index contributed by atoms with van der Waals surface area (Å²) in [6, 6.07) is 9.53. The van der Waals surface area contributed by atoms with Crippen LogP contribution in [-0.4, -0.2) is 28.1 Å². The Morgan fingerprint density at radius 1 is 0.885 bits per heavy atom. The Balaban J connectivity index is 2.21. The molecule has 0 saturated heterocycles. The van der Waals surface area contributed by atoms with E-state index in [-0.39, 0.29) is 22.4 Å². The highest BCUT2D eigenvalue weighted by Gasteiger charge is 2.11. The van der Waals surface area contributed by atoms with E-state index < -0.39 is 17.9 Å². The quantitative estimate of drug-likeness (QED) is 0.350. The second-order valence-electron chi connectivity index (χ2n) is 5.24. The lowest BCUT2D eigenvalue weighted by atomic mass is 10.1. The molecule has 2 aromatic carbocycles. The normalized spacial score (nSPS) is 10.5. The molecule has 8 heteroatoms. The molecule has 0 amide bonds. The second kappa shape index (κ2) is 7.84. The van der Waals surface area contributed by atoms with Gasteiger partial charge in [-0.2, -0.15) is 10.2 Å². The van der Waals surface area contributed by atoms with Gasteiger partial charge in [-0.3, -0.25) is 0 Å². The van der Waals surface area contributed by atoms with Gasteiger partial charge in [0.1, 0.15) is 5.75 Å². The molecule has 0 atom stereocenters. The van der Waals surface area contributed by atoms with Crippen molar-refractivity contribution in [3.63, 3.8) is 0 Å². The van der Waals surface area contributed by atoms with Gasteiger partial charge in [0.25, 0.3) is 0 Å². The maximum atomic E-state index is 11.4. The minimum absolute atomic E-state index is 0.0834. The molecular formula is C18H14N2O6. The van der Waals surface area contributed by atoms with Crippen LogP contribution in [0.4, 0.5) is 11.4 Å². The fourth-order valence-electron chi connectivity index (χ4n) is 1.81. The average molecular weight is 354 g/mol. The number of rotatable bonds is 6. The molecule has 26 heavy (non-hydrogen) atoms. The topological polar surface area (TPSA) is 126 Å². The molecule has 0 aliphatic rings. The van der Waals surface area contributed by atoms with Gasteiger partial charge < -0.3 is 14.9 Å². The number of azo groups is 1. The van der Waals surface area contributed by atoms with E-state index in [1.165, 1.54) is 43.3 Å². The van der Waals surface area contributed by atoms with Crippen LogP contribution in [0.3, 0.4) is 0 Å². The molecule has 0 saturated carbocycles. The van der Waals surface area contributed by atoms with Gasteiger partial charge in [0, 0.05) is 5.57 Å². The molecule has 0 aliphatic carbocycles. The molecule has 132 valence electrons. The number of carbonyl (C=O) groups excluding carboxylic acids is 1. The average Bonchev–Trinajstić information content (AvgIpc) is 2.60. The van der Waals surface area contributed by atoms with Gasteiger partial charge in [-0.15, -0.1) is 0 Å². The summed E-state index contributed by atoms with van der Waals surface area (Å²) in [5, 5.41) is 25.8. The molecular weight excluding hydrogens is 340 g/mol. The van der Waals surface area contributed by atoms with Crippen LogP contribution in [0.5, 0.6) is 5.75 Å². The Bertz CT molecular complexity index is 884. The van der Waals surface area contributed by atoms with Crippen LogP contribution in [0, 0.1) is 0 Å². The highest BCUT2D eigenvalue weighted by molar-refractivity contribution is 5.95. The van der Waals surface area contributed by atoms with Crippen molar-refractivity contribution in [3.8, 4) is 5.75 Å². The zero-order valence-electron chi connectivity index (χ0n) is 13.7. The summed E-state index contributed by atoms with van der Waals surface area (Å²) in [7, 11) is 0. The largest absolute Gasteiger partial charge is 0.478 e. The van der Waals surface area contributed by atoms with Gasteiger partial charge in [0.2, 0.25) is 0 Å². The van der Waals surface area contributed by atoms with Crippen molar-refractivity contribution >= 4 is 29.3 Å². The molecule has 2 aromatic rings. The minimum Gasteiger partial charge on any atom is -0.478 e. The van der Waals surface area contributed by atoms with Crippen LogP contribution >= 0.6 is 0 Å². The number of aromatic carboxylic acids is 2. The van der Waals surface area contributed by atoms with E-state index in [2.05, 4.69) is 16.8 Å². The number of benzene rings is 2. The number of carbonyl (C=O) groups is 3. The third kappa shape index (κ3) is 4.84. The second-order valence-corrected chi connectivity index (χ2v) is 5.24. The predicted octanol–water partition coefficient (Wildman–Crippen LogP) is 3.98. The third-order valence-electron chi connectivity index (χ3n) is 3.09. The van der Waals surface area contributed by atoms with E-state index in [9.17, 15) is 14.4 Å². The standard InChI is InChI=1S/C18H14N2O6/c1-10(2)18(25)26-15-5-3-13(4-6-15)19-20-14-8-11(16(21)22)7-12(9-14)17(23)24/h3-9H,1H2,2H3,(H,21,22)(H,23,24). The fraction of sp³-hybridized carbons (Fsp3) is 0.0556. The number of nitrogens with zero attached hydrogens (tertiary/aromatic N) is 2. The van der Waals surface area contributed by atoms with Gasteiger partial charge in [-0.05, 0) is 49.4 Å². The summed E-state index contributed by atoms with van der Waals surface area (Å²) in [6.07, 6.45) is 0. The van der Waals surface area contributed by atoms with Crippen LogP contribution < -0.4 is 4.74 Å². The zero-order chi connectivity index (χ0) is 19.3. The highest BCUT2D eigenvalue weighted by atomic mass is 16.5. The summed E-state index contributed by atoms with van der Waals surface area (Å²) in [6.45, 7) is 5.01. The summed E-state index contributed by atoms with van der Waals surface area (Å²) < 4.78 is 5.04. The summed E-state index contributed by atoms with van der Waals surface area (Å²) >= 11 is 0. The van der Waals surface area contributed by atoms with E-state index in [0.717, 1.165) is 6.07 Å². The van der Waals surface area contributed by atoms with Crippen LogP contribution in [-0.2, 0) is 4.79 Å². The van der Waals surface area contributed by atoms with E-state index in [0.29, 0.717) is 11.4 Å². The number of carboxylic acids is 2. The number of hydrogen-bond acceptors (Lipinski definition) is 6. The monoisotopic (exact) mass is 354 g/mol. The first-order chi connectivity index (χ1) is 12.3. The van der Waals surface area contributed by atoms with Crippen molar-refractivity contribution in [2.75, 3.05) is 0 Å². The summed E-state index contributed by atoms with van der Waals surface area (Å²) in [5.74, 6) is -2.79. The van der Waals surface area contributed by atoms with Crippen molar-refractivity contribution in [3.05, 3.63) is 65.7 Å². The maximum absolute atomic E-state index is 11.4. The molecule has 2 rings (SSSR count). The van der Waals surface area contributed by atoms with Crippen LogP contribution in [0.25, 0.3) is 0 Å². The van der Waals surface area contributed by atoms with Gasteiger partial charge in [-0.1, -0.05) is 6.58 Å². The van der Waals surface area contributed by atoms with Crippen molar-refractivity contribution in [1.29, 1.82) is 0 Å². The van der Waals surface area contributed by atoms with E-state index in [4.69, 9.17) is 14.9 Å². The molecule has 0 unspecified atom stereocenters. The molecule has 8 nitrogen and oxygen atoms in total. The molecule has 0 aliphatic heterocycles. The van der Waals surface area contributed by atoms with E-state index in [1.54, 1.807) is 0 Å². The predicted molar refractivity (Wildman–Crippen MR) is 91.4 cm³/mol. The van der Waals surface area contributed by atoms with Crippen molar-refractivity contribution < 1.29 is 29.3 Å². The molecule has 0 radical (unpaired) electrons. The molecule has 0 fully saturated rings. The number of carboxylic acid groups (broad SMARTS) is 2.